The van der Waals surface area contributed by atoms with E-state index in [1.165, 1.54) is 0 Å². The number of phenolic OH excluding ortho intramolecular Hbond substituents is 1. The summed E-state index contributed by atoms with van der Waals surface area (Å²) in [4.78, 5) is 15.9. The number of hydrogen-bond donors (Lipinski definition) is 3. The van der Waals surface area contributed by atoms with Crippen molar-refractivity contribution in [1.29, 1.82) is 0 Å². The predicted octanol–water partition coefficient (Wildman–Crippen LogP) is 1.76. The van der Waals surface area contributed by atoms with Crippen LogP contribution in [0.2, 0.25) is 0 Å². The summed E-state index contributed by atoms with van der Waals surface area (Å²) in [6, 6.07) is 7.17. The fraction of sp³-hybridized carbons (Fsp3) is 0.429. The summed E-state index contributed by atoms with van der Waals surface area (Å²) in [5.41, 5.74) is -0.137. The molecule has 0 aliphatic carbocycles. The summed E-state index contributed by atoms with van der Waals surface area (Å²) >= 11 is 3.20. The Morgan fingerprint density at radius 2 is 2.24 bits per heavy atom. The molecule has 112 valence electrons. The number of aliphatic carboxylic acids is 1. The van der Waals surface area contributed by atoms with Crippen LogP contribution in [0.3, 0.4) is 0 Å². The number of carbonyl (C=O) groups is 1. The number of carboxylic acid groups (broad SMARTS) is 1. The molecule has 0 amide bonds. The van der Waals surface area contributed by atoms with Crippen LogP contribution in [0.4, 0.5) is 0 Å². The molecule has 1 aromatic carbocycles. The van der Waals surface area contributed by atoms with E-state index in [9.17, 15) is 15.0 Å². The number of nitrogens with one attached hydrogen (secondary N) is 1. The highest BCUT2D eigenvalue weighted by molar-refractivity contribution is 8.14. The second kappa shape index (κ2) is 5.55. The third-order valence-corrected chi connectivity index (χ3v) is 6.28. The van der Waals surface area contributed by atoms with Crippen molar-refractivity contribution in [3.05, 3.63) is 29.8 Å². The van der Waals surface area contributed by atoms with Crippen LogP contribution in [0, 0.1) is 0 Å². The van der Waals surface area contributed by atoms with Gasteiger partial charge in [0.1, 0.15) is 16.3 Å². The van der Waals surface area contributed by atoms with Crippen LogP contribution in [0.25, 0.3) is 0 Å². The number of thioether (sulfide) groups is 2. The molecule has 3 atom stereocenters. The smallest absolute Gasteiger partial charge is 0.324 e. The Balaban J connectivity index is 1.76. The molecule has 21 heavy (non-hydrogen) atoms. The van der Waals surface area contributed by atoms with E-state index in [1.54, 1.807) is 42.6 Å². The molecule has 1 aromatic rings. The van der Waals surface area contributed by atoms with Gasteiger partial charge in [-0.05, 0) is 19.1 Å². The van der Waals surface area contributed by atoms with Gasteiger partial charge in [-0.3, -0.25) is 15.1 Å². The van der Waals surface area contributed by atoms with Crippen molar-refractivity contribution < 1.29 is 15.0 Å². The van der Waals surface area contributed by atoms with E-state index in [0.29, 0.717) is 5.75 Å². The number of aromatic hydroxyl groups is 1. The third kappa shape index (κ3) is 2.77. The first-order valence-electron chi connectivity index (χ1n) is 6.61. The molecule has 0 aromatic heterocycles. The maximum Gasteiger partial charge on any atom is 0.324 e. The van der Waals surface area contributed by atoms with Crippen LogP contribution < -0.4 is 5.32 Å². The highest BCUT2D eigenvalue weighted by Gasteiger charge is 2.45. The Labute approximate surface area is 131 Å². The van der Waals surface area contributed by atoms with Crippen molar-refractivity contribution >= 4 is 34.5 Å². The lowest BCUT2D eigenvalue weighted by Crippen LogP contribution is -2.51. The predicted molar refractivity (Wildman–Crippen MR) is 86.3 cm³/mol. The summed E-state index contributed by atoms with van der Waals surface area (Å²) in [5.74, 6) is 0.736. The summed E-state index contributed by atoms with van der Waals surface area (Å²) in [5, 5.41) is 23.1. The molecule has 3 rings (SSSR count). The molecule has 2 heterocycles. The Morgan fingerprint density at radius 1 is 1.48 bits per heavy atom. The van der Waals surface area contributed by atoms with Crippen molar-refractivity contribution in [2.24, 2.45) is 4.99 Å². The molecule has 7 heteroatoms. The van der Waals surface area contributed by atoms with E-state index in [4.69, 9.17) is 0 Å². The summed E-state index contributed by atoms with van der Waals surface area (Å²) < 4.78 is 0. The van der Waals surface area contributed by atoms with E-state index in [1.807, 2.05) is 12.1 Å². The van der Waals surface area contributed by atoms with Crippen molar-refractivity contribution in [3.8, 4) is 5.75 Å². The fourth-order valence-corrected chi connectivity index (χ4v) is 5.03. The zero-order valence-corrected chi connectivity index (χ0v) is 13.1. The highest BCUT2D eigenvalue weighted by Crippen LogP contribution is 2.36. The number of benzene rings is 1. The average Bonchev–Trinajstić information content (AvgIpc) is 3.07. The lowest BCUT2D eigenvalue weighted by Gasteiger charge is -2.21. The standard InChI is InChI=1S/C14H16N2O3S2/c1-14(13(18)19)7-21-12(16-14)9-6-20-11(15-9)8-4-2-3-5-10(8)17/h2-5,9,12,16-17H,6-7H2,1H3,(H,18,19)/t9?,12?,14-/m1/s1. The van der Waals surface area contributed by atoms with Gasteiger partial charge in [-0.15, -0.1) is 23.5 Å². The van der Waals surface area contributed by atoms with Gasteiger partial charge < -0.3 is 10.2 Å². The van der Waals surface area contributed by atoms with Crippen LogP contribution >= 0.6 is 23.5 Å². The summed E-state index contributed by atoms with van der Waals surface area (Å²) in [6.45, 7) is 1.71. The van der Waals surface area contributed by atoms with Crippen molar-refractivity contribution in [3.63, 3.8) is 0 Å². The first-order valence-corrected chi connectivity index (χ1v) is 8.65. The molecule has 1 saturated heterocycles. The van der Waals surface area contributed by atoms with E-state index >= 15 is 0 Å². The maximum atomic E-state index is 11.3. The number of para-hydroxylation sites is 1. The molecule has 0 radical (unpaired) electrons. The average molecular weight is 324 g/mol. The Bertz CT molecular complexity index is 608. The molecule has 2 aliphatic heterocycles. The van der Waals surface area contributed by atoms with Gasteiger partial charge in [0.15, 0.2) is 0 Å². The Hall–Kier alpha value is -1.18. The molecule has 2 aliphatic rings. The Kier molecular flexibility index (Phi) is 3.90. The fourth-order valence-electron chi connectivity index (χ4n) is 2.33. The third-order valence-electron chi connectivity index (χ3n) is 3.64. The van der Waals surface area contributed by atoms with Crippen LogP contribution in [0.5, 0.6) is 5.75 Å². The second-order valence-electron chi connectivity index (χ2n) is 5.34. The molecule has 2 unspecified atom stereocenters. The minimum atomic E-state index is -0.882. The van der Waals surface area contributed by atoms with Crippen molar-refractivity contribution in [1.82, 2.24) is 5.32 Å². The second-order valence-corrected chi connectivity index (χ2v) is 7.48. The molecule has 5 nitrogen and oxygen atoms in total. The lowest BCUT2D eigenvalue weighted by atomic mass is 10.1. The first-order chi connectivity index (χ1) is 9.99. The van der Waals surface area contributed by atoms with Crippen LogP contribution in [-0.2, 0) is 4.79 Å². The van der Waals surface area contributed by atoms with Gasteiger partial charge in [0.2, 0.25) is 0 Å². The number of rotatable bonds is 3. The number of phenols is 1. The zero-order valence-electron chi connectivity index (χ0n) is 11.4. The highest BCUT2D eigenvalue weighted by atomic mass is 32.2. The van der Waals surface area contributed by atoms with E-state index in [2.05, 4.69) is 10.3 Å². The monoisotopic (exact) mass is 324 g/mol. The van der Waals surface area contributed by atoms with Crippen LogP contribution in [0.1, 0.15) is 12.5 Å². The van der Waals surface area contributed by atoms with Crippen molar-refractivity contribution in [2.75, 3.05) is 11.5 Å². The van der Waals surface area contributed by atoms with Gasteiger partial charge in [0.05, 0.1) is 11.4 Å². The van der Waals surface area contributed by atoms with Gasteiger partial charge >= 0.3 is 5.97 Å². The van der Waals surface area contributed by atoms with Gasteiger partial charge in [-0.25, -0.2) is 0 Å². The van der Waals surface area contributed by atoms with E-state index in [-0.39, 0.29) is 17.2 Å². The van der Waals surface area contributed by atoms with E-state index < -0.39 is 11.5 Å². The number of nitrogens with zero attached hydrogens (tertiary/aromatic N) is 1. The van der Waals surface area contributed by atoms with Crippen molar-refractivity contribution in [2.45, 2.75) is 23.9 Å². The molecule has 0 saturated carbocycles. The minimum absolute atomic E-state index is 0.00181. The minimum Gasteiger partial charge on any atom is -0.507 e. The molecule has 1 fully saturated rings. The number of hydrogen-bond acceptors (Lipinski definition) is 6. The van der Waals surface area contributed by atoms with Gasteiger partial charge in [0.25, 0.3) is 0 Å². The normalized spacial score (nSPS) is 32.1. The molecule has 3 N–H and O–H groups in total. The summed E-state index contributed by atoms with van der Waals surface area (Å²) in [7, 11) is 0. The van der Waals surface area contributed by atoms with Gasteiger partial charge in [0, 0.05) is 17.1 Å². The number of carboxylic acids is 1. The topological polar surface area (TPSA) is 81.9 Å². The maximum absolute atomic E-state index is 11.3. The molecular weight excluding hydrogens is 308 g/mol. The van der Waals surface area contributed by atoms with Crippen LogP contribution in [-0.4, -0.2) is 49.7 Å². The largest absolute Gasteiger partial charge is 0.507 e. The van der Waals surface area contributed by atoms with E-state index in [0.717, 1.165) is 16.4 Å². The van der Waals surface area contributed by atoms with Gasteiger partial charge in [-0.1, -0.05) is 12.1 Å². The van der Waals surface area contributed by atoms with Gasteiger partial charge in [-0.2, -0.15) is 0 Å². The first kappa shape index (κ1) is 14.7. The number of aliphatic imine (C=N–C) groups is 1. The SMILES string of the molecule is C[C@]1(C(=O)O)CSC(C2CSC(c3ccccc3O)=N2)N1. The summed E-state index contributed by atoms with van der Waals surface area (Å²) in [6.07, 6.45) is 0. The van der Waals surface area contributed by atoms with Crippen LogP contribution in [0.15, 0.2) is 29.3 Å². The lowest BCUT2D eigenvalue weighted by molar-refractivity contribution is -0.142. The Morgan fingerprint density at radius 3 is 2.90 bits per heavy atom. The quantitative estimate of drug-likeness (QED) is 0.786. The zero-order chi connectivity index (χ0) is 15.0. The molecule has 0 spiro atoms. The molecule has 0 bridgehead atoms. The molecular formula is C14H16N2O3S2.